The van der Waals surface area contributed by atoms with Crippen molar-refractivity contribution < 1.29 is 14.3 Å². The minimum absolute atomic E-state index is 0.158. The molecule has 34 heavy (non-hydrogen) atoms. The van der Waals surface area contributed by atoms with E-state index >= 15 is 0 Å². The van der Waals surface area contributed by atoms with Crippen molar-refractivity contribution in [2.75, 3.05) is 12.4 Å². The zero-order valence-corrected chi connectivity index (χ0v) is 22.2. The highest BCUT2D eigenvalue weighted by molar-refractivity contribution is 5.96. The number of methoxy groups -OCH3 is 1. The fourth-order valence-corrected chi connectivity index (χ4v) is 4.84. The Morgan fingerprint density at radius 1 is 1.06 bits per heavy atom. The number of hydrogen-bond donors (Lipinski definition) is 1. The molecule has 1 N–H and O–H groups in total. The number of benzene rings is 2. The molecule has 1 fully saturated rings. The van der Waals surface area contributed by atoms with Crippen LogP contribution in [0.4, 0.5) is 5.69 Å². The van der Waals surface area contributed by atoms with Gasteiger partial charge >= 0.3 is 0 Å². The second kappa shape index (κ2) is 13.3. The van der Waals surface area contributed by atoms with Crippen molar-refractivity contribution in [1.82, 2.24) is 0 Å². The number of anilines is 1. The highest BCUT2D eigenvalue weighted by Gasteiger charge is 2.25. The van der Waals surface area contributed by atoms with E-state index in [0.717, 1.165) is 47.7 Å². The number of Topliss-reactive ketones (excluding diaryl/α,β-unsaturated/α-hetero) is 1. The van der Waals surface area contributed by atoms with E-state index < -0.39 is 0 Å². The Kier molecular flexibility index (Phi) is 10.8. The highest BCUT2D eigenvalue weighted by atomic mass is 16.5. The molecule has 0 unspecified atom stereocenters. The number of ketones is 1. The van der Waals surface area contributed by atoms with Crippen LogP contribution >= 0.6 is 0 Å². The molecule has 0 aromatic heterocycles. The lowest BCUT2D eigenvalue weighted by Crippen LogP contribution is -2.27. The van der Waals surface area contributed by atoms with Gasteiger partial charge in [-0.05, 0) is 80.5 Å². The molecule has 2 aromatic carbocycles. The molecule has 0 spiro atoms. The minimum Gasteiger partial charge on any atom is -0.496 e. The maximum atomic E-state index is 12.3. The maximum absolute atomic E-state index is 12.3. The van der Waals surface area contributed by atoms with Gasteiger partial charge in [-0.25, -0.2) is 0 Å². The Morgan fingerprint density at radius 3 is 2.26 bits per heavy atom. The number of aryl methyl sites for hydroxylation is 1. The van der Waals surface area contributed by atoms with Crippen molar-refractivity contribution >= 4 is 17.4 Å². The summed E-state index contributed by atoms with van der Waals surface area (Å²) in [5.74, 6) is 2.63. The van der Waals surface area contributed by atoms with Crippen LogP contribution in [-0.2, 0) is 11.2 Å². The van der Waals surface area contributed by atoms with Gasteiger partial charge in [-0.3, -0.25) is 9.59 Å². The summed E-state index contributed by atoms with van der Waals surface area (Å²) < 4.78 is 5.29. The third-order valence-corrected chi connectivity index (χ3v) is 7.04. The summed E-state index contributed by atoms with van der Waals surface area (Å²) in [7, 11) is 1.65. The molecule has 0 atom stereocenters. The number of ether oxygens (including phenoxy) is 1. The lowest BCUT2D eigenvalue weighted by Gasteiger charge is -2.27. The van der Waals surface area contributed by atoms with E-state index in [0.29, 0.717) is 5.92 Å². The Labute approximate surface area is 206 Å². The van der Waals surface area contributed by atoms with Gasteiger partial charge < -0.3 is 10.1 Å². The van der Waals surface area contributed by atoms with Gasteiger partial charge in [0, 0.05) is 23.2 Å². The summed E-state index contributed by atoms with van der Waals surface area (Å²) in [6, 6.07) is 11.8. The minimum atomic E-state index is 0.158. The smallest absolute Gasteiger partial charge is 0.227 e. The lowest BCUT2D eigenvalue weighted by molar-refractivity contribution is -0.121. The van der Waals surface area contributed by atoms with Crippen molar-refractivity contribution in [2.24, 2.45) is 11.8 Å². The van der Waals surface area contributed by atoms with Crippen LogP contribution in [0.1, 0.15) is 99.7 Å². The fraction of sp³-hybridized carbons (Fsp3) is 0.533. The Hall–Kier alpha value is -2.62. The monoisotopic (exact) mass is 465 g/mol. The van der Waals surface area contributed by atoms with Gasteiger partial charge in [-0.2, -0.15) is 0 Å². The standard InChI is InChI=1S/C17H25NO2.C13H18O/c1-4-13-6-8-14(9-7-13)17(19)18-15-10-5-12(2)16(11-15)20-3;1-5-11-12(9(2)3)7-6-8-13(11)10(4)14/h5,10-11,13-14H,4,6-9H2,1-3H3,(H,18,19);6-9H,5H2,1-4H3. The molecule has 0 heterocycles. The first-order valence-corrected chi connectivity index (χ1v) is 12.8. The van der Waals surface area contributed by atoms with Crippen LogP contribution in [0.25, 0.3) is 0 Å². The van der Waals surface area contributed by atoms with Crippen LogP contribution in [-0.4, -0.2) is 18.8 Å². The molecular formula is C30H43NO3. The van der Waals surface area contributed by atoms with Gasteiger partial charge in [0.1, 0.15) is 5.75 Å². The van der Waals surface area contributed by atoms with E-state index in [1.807, 2.05) is 37.3 Å². The van der Waals surface area contributed by atoms with Crippen molar-refractivity contribution in [3.8, 4) is 5.75 Å². The normalized spacial score (nSPS) is 17.5. The van der Waals surface area contributed by atoms with E-state index in [2.05, 4.69) is 39.1 Å². The number of hydrogen-bond acceptors (Lipinski definition) is 3. The first-order chi connectivity index (χ1) is 16.2. The van der Waals surface area contributed by atoms with Gasteiger partial charge in [0.25, 0.3) is 0 Å². The van der Waals surface area contributed by atoms with E-state index in [4.69, 9.17) is 4.74 Å². The second-order valence-corrected chi connectivity index (χ2v) is 9.74. The molecule has 186 valence electrons. The Bertz CT molecular complexity index is 956. The number of carbonyl (C=O) groups is 2. The van der Waals surface area contributed by atoms with Crippen molar-refractivity contribution in [2.45, 2.75) is 86.0 Å². The van der Waals surface area contributed by atoms with Crippen LogP contribution < -0.4 is 10.1 Å². The zero-order valence-electron chi connectivity index (χ0n) is 22.2. The topological polar surface area (TPSA) is 55.4 Å². The van der Waals surface area contributed by atoms with Crippen molar-refractivity contribution in [3.05, 3.63) is 58.7 Å². The van der Waals surface area contributed by atoms with Gasteiger partial charge in [0.2, 0.25) is 5.91 Å². The summed E-state index contributed by atoms with van der Waals surface area (Å²) in [6.45, 7) is 12.3. The molecule has 1 aliphatic rings. The molecule has 4 heteroatoms. The predicted octanol–water partition coefficient (Wildman–Crippen LogP) is 7.73. The lowest BCUT2D eigenvalue weighted by atomic mass is 9.80. The highest BCUT2D eigenvalue weighted by Crippen LogP contribution is 2.32. The van der Waals surface area contributed by atoms with Crippen LogP contribution in [0.15, 0.2) is 36.4 Å². The summed E-state index contributed by atoms with van der Waals surface area (Å²) in [6.07, 6.45) is 6.59. The van der Waals surface area contributed by atoms with Crippen LogP contribution in [0.5, 0.6) is 5.75 Å². The predicted molar refractivity (Wildman–Crippen MR) is 142 cm³/mol. The number of carbonyl (C=O) groups excluding carboxylic acids is 2. The molecule has 1 saturated carbocycles. The largest absolute Gasteiger partial charge is 0.496 e. The molecule has 0 bridgehead atoms. The summed E-state index contributed by atoms with van der Waals surface area (Å²) in [5.41, 5.74) is 5.32. The quantitative estimate of drug-likeness (QED) is 0.426. The summed E-state index contributed by atoms with van der Waals surface area (Å²) in [5, 5.41) is 3.03. The van der Waals surface area contributed by atoms with Crippen LogP contribution in [0.3, 0.4) is 0 Å². The van der Waals surface area contributed by atoms with E-state index in [1.54, 1.807) is 14.0 Å². The van der Waals surface area contributed by atoms with Gasteiger partial charge in [-0.1, -0.05) is 58.4 Å². The first-order valence-electron chi connectivity index (χ1n) is 12.8. The van der Waals surface area contributed by atoms with E-state index in [1.165, 1.54) is 30.4 Å². The average molecular weight is 466 g/mol. The molecule has 4 nitrogen and oxygen atoms in total. The Balaban J connectivity index is 0.000000257. The van der Waals surface area contributed by atoms with Gasteiger partial charge in [0.05, 0.1) is 7.11 Å². The Morgan fingerprint density at radius 2 is 1.74 bits per heavy atom. The SMILES string of the molecule is CCC1CCC(C(=O)Nc2ccc(C)c(OC)c2)CC1.CCc1c(C(C)=O)cccc1C(C)C. The number of rotatable bonds is 7. The fourth-order valence-electron chi connectivity index (χ4n) is 4.84. The van der Waals surface area contributed by atoms with E-state index in [9.17, 15) is 9.59 Å². The van der Waals surface area contributed by atoms with Crippen LogP contribution in [0.2, 0.25) is 0 Å². The first kappa shape index (κ1) is 27.6. The molecule has 0 radical (unpaired) electrons. The third kappa shape index (κ3) is 7.44. The van der Waals surface area contributed by atoms with E-state index in [-0.39, 0.29) is 17.6 Å². The second-order valence-electron chi connectivity index (χ2n) is 9.74. The van der Waals surface area contributed by atoms with Gasteiger partial charge in [0.15, 0.2) is 5.78 Å². The molecule has 1 amide bonds. The van der Waals surface area contributed by atoms with Crippen molar-refractivity contribution in [1.29, 1.82) is 0 Å². The molecule has 2 aromatic rings. The average Bonchev–Trinajstić information content (AvgIpc) is 2.84. The molecule has 0 aliphatic heterocycles. The maximum Gasteiger partial charge on any atom is 0.227 e. The molecule has 0 saturated heterocycles. The third-order valence-electron chi connectivity index (χ3n) is 7.04. The molecule has 1 aliphatic carbocycles. The zero-order chi connectivity index (χ0) is 25.3. The molecular weight excluding hydrogens is 422 g/mol. The van der Waals surface area contributed by atoms with Crippen molar-refractivity contribution in [3.63, 3.8) is 0 Å². The number of amides is 1. The number of nitrogens with one attached hydrogen (secondary N) is 1. The summed E-state index contributed by atoms with van der Waals surface area (Å²) in [4.78, 5) is 23.7. The summed E-state index contributed by atoms with van der Waals surface area (Å²) >= 11 is 0. The van der Waals surface area contributed by atoms with Gasteiger partial charge in [-0.15, -0.1) is 0 Å². The van der Waals surface area contributed by atoms with Crippen LogP contribution in [0, 0.1) is 18.8 Å². The molecule has 3 rings (SSSR count).